The number of hydrogen-bond acceptors (Lipinski definition) is 3. The van der Waals surface area contributed by atoms with Gasteiger partial charge in [-0.3, -0.25) is 0 Å². The zero-order valence-corrected chi connectivity index (χ0v) is 15.5. The predicted molar refractivity (Wildman–Crippen MR) is 96.2 cm³/mol. The highest BCUT2D eigenvalue weighted by Gasteiger charge is 2.37. The molecule has 1 N–H and O–H groups in total. The van der Waals surface area contributed by atoms with Crippen LogP contribution in [0, 0.1) is 11.3 Å². The molecular weight excluding hydrogens is 276 g/mol. The van der Waals surface area contributed by atoms with Crippen molar-refractivity contribution in [3.8, 4) is 0 Å². The minimum atomic E-state index is 0.238. The Morgan fingerprint density at radius 3 is 2.71 bits per heavy atom. The molecule has 3 heteroatoms. The Kier molecular flexibility index (Phi) is 6.46. The average Bonchev–Trinajstić information content (AvgIpc) is 2.64. The van der Waals surface area contributed by atoms with Gasteiger partial charge >= 0.3 is 0 Å². The highest BCUT2D eigenvalue weighted by Crippen LogP contribution is 2.40. The number of nitrogens with one attached hydrogen (secondary N) is 1. The van der Waals surface area contributed by atoms with E-state index in [1.807, 2.05) is 0 Å². The number of hydrogen-bond donors (Lipinski definition) is 1. The van der Waals surface area contributed by atoms with Crippen LogP contribution in [-0.2, 0) is 0 Å². The molecule has 0 aromatic carbocycles. The minimum Gasteiger partial charge on any atom is -0.311 e. The third-order valence-electron chi connectivity index (χ3n) is 5.05. The molecule has 124 valence electrons. The molecule has 2 nitrogen and oxygen atoms in total. The molecule has 2 fully saturated rings. The van der Waals surface area contributed by atoms with Gasteiger partial charge in [0.2, 0.25) is 0 Å². The van der Waals surface area contributed by atoms with Crippen LogP contribution in [0.25, 0.3) is 0 Å². The Bertz CT molecular complexity index is 305. The number of nitrogens with zero attached hydrogens (tertiary/aromatic N) is 1. The SMILES string of the molecule is CC1CCCC(CNC(C)(C)C)(CN2CCCSCC2)C1. The van der Waals surface area contributed by atoms with Gasteiger partial charge in [-0.25, -0.2) is 0 Å². The van der Waals surface area contributed by atoms with Crippen molar-refractivity contribution in [2.75, 3.05) is 37.7 Å². The van der Waals surface area contributed by atoms with Crippen molar-refractivity contribution in [2.24, 2.45) is 11.3 Å². The summed E-state index contributed by atoms with van der Waals surface area (Å²) < 4.78 is 0. The molecule has 1 heterocycles. The van der Waals surface area contributed by atoms with Crippen molar-refractivity contribution in [2.45, 2.75) is 65.3 Å². The quantitative estimate of drug-likeness (QED) is 0.844. The summed E-state index contributed by atoms with van der Waals surface area (Å²) in [6.07, 6.45) is 7.08. The van der Waals surface area contributed by atoms with Gasteiger partial charge in [0.1, 0.15) is 0 Å². The molecule has 2 atom stereocenters. The molecule has 2 aliphatic rings. The van der Waals surface area contributed by atoms with Crippen LogP contribution in [0.2, 0.25) is 0 Å². The van der Waals surface area contributed by atoms with Crippen molar-refractivity contribution in [3.63, 3.8) is 0 Å². The molecule has 0 aromatic heterocycles. The molecule has 0 amide bonds. The fraction of sp³-hybridized carbons (Fsp3) is 1.00. The second kappa shape index (κ2) is 7.70. The monoisotopic (exact) mass is 312 g/mol. The maximum absolute atomic E-state index is 3.83. The zero-order chi connectivity index (χ0) is 15.3. The van der Waals surface area contributed by atoms with Gasteiger partial charge in [-0.15, -0.1) is 0 Å². The van der Waals surface area contributed by atoms with Crippen LogP contribution in [0.3, 0.4) is 0 Å². The molecule has 1 saturated carbocycles. The third kappa shape index (κ3) is 6.11. The molecule has 1 aliphatic carbocycles. The molecule has 0 radical (unpaired) electrons. The maximum Gasteiger partial charge on any atom is 0.00967 e. The molecular formula is C18H36N2S. The van der Waals surface area contributed by atoms with Crippen LogP contribution in [0.4, 0.5) is 0 Å². The normalized spacial score (nSPS) is 32.9. The van der Waals surface area contributed by atoms with Crippen LogP contribution in [0.15, 0.2) is 0 Å². The molecule has 1 saturated heterocycles. The summed E-state index contributed by atoms with van der Waals surface area (Å²) in [7, 11) is 0. The van der Waals surface area contributed by atoms with E-state index in [4.69, 9.17) is 0 Å². The second-order valence-electron chi connectivity index (χ2n) is 8.55. The first-order valence-electron chi connectivity index (χ1n) is 8.94. The largest absolute Gasteiger partial charge is 0.311 e. The predicted octanol–water partition coefficient (Wildman–Crippen LogP) is 4.01. The van der Waals surface area contributed by atoms with Crippen molar-refractivity contribution in [1.82, 2.24) is 10.2 Å². The van der Waals surface area contributed by atoms with Gasteiger partial charge in [0.25, 0.3) is 0 Å². The van der Waals surface area contributed by atoms with Crippen molar-refractivity contribution in [1.29, 1.82) is 0 Å². The summed E-state index contributed by atoms with van der Waals surface area (Å²) in [6, 6.07) is 0. The zero-order valence-electron chi connectivity index (χ0n) is 14.7. The molecule has 2 rings (SSSR count). The lowest BCUT2D eigenvalue weighted by atomic mass is 9.69. The van der Waals surface area contributed by atoms with Crippen molar-refractivity contribution in [3.05, 3.63) is 0 Å². The standard InChI is InChI=1S/C18H36N2S/c1-16-7-5-8-18(13-16,14-19-17(2,3)4)15-20-9-6-11-21-12-10-20/h16,19H,5-15H2,1-4H3. The van der Waals surface area contributed by atoms with Gasteiger partial charge in [0.15, 0.2) is 0 Å². The molecule has 0 aromatic rings. The van der Waals surface area contributed by atoms with Gasteiger partial charge in [0, 0.05) is 30.9 Å². The highest BCUT2D eigenvalue weighted by atomic mass is 32.2. The van der Waals surface area contributed by atoms with E-state index in [1.165, 1.54) is 69.8 Å². The van der Waals surface area contributed by atoms with Gasteiger partial charge in [-0.05, 0) is 63.7 Å². The minimum absolute atomic E-state index is 0.238. The summed E-state index contributed by atoms with van der Waals surface area (Å²) >= 11 is 2.14. The first-order chi connectivity index (χ1) is 9.89. The first kappa shape index (κ1) is 17.6. The third-order valence-corrected chi connectivity index (χ3v) is 6.10. The molecule has 1 aliphatic heterocycles. The van der Waals surface area contributed by atoms with Crippen molar-refractivity contribution >= 4 is 11.8 Å². The Morgan fingerprint density at radius 2 is 2.00 bits per heavy atom. The Balaban J connectivity index is 1.99. The van der Waals surface area contributed by atoms with E-state index in [9.17, 15) is 0 Å². The fourth-order valence-electron chi connectivity index (χ4n) is 4.01. The van der Waals surface area contributed by atoms with Gasteiger partial charge < -0.3 is 10.2 Å². The van der Waals surface area contributed by atoms with E-state index in [1.54, 1.807) is 0 Å². The molecule has 2 unspecified atom stereocenters. The lowest BCUT2D eigenvalue weighted by molar-refractivity contribution is 0.0770. The van der Waals surface area contributed by atoms with E-state index in [0.29, 0.717) is 5.41 Å². The van der Waals surface area contributed by atoms with Crippen LogP contribution < -0.4 is 5.32 Å². The van der Waals surface area contributed by atoms with Gasteiger partial charge in [0.05, 0.1) is 0 Å². The number of rotatable bonds is 4. The fourth-order valence-corrected chi connectivity index (χ4v) is 4.94. The molecule has 21 heavy (non-hydrogen) atoms. The topological polar surface area (TPSA) is 15.3 Å². The number of thioether (sulfide) groups is 1. The van der Waals surface area contributed by atoms with Crippen LogP contribution in [0.1, 0.15) is 59.8 Å². The van der Waals surface area contributed by atoms with Crippen LogP contribution >= 0.6 is 11.8 Å². The van der Waals surface area contributed by atoms with Gasteiger partial charge in [-0.1, -0.05) is 19.8 Å². The molecule has 0 spiro atoms. The summed E-state index contributed by atoms with van der Waals surface area (Å²) in [5.41, 5.74) is 0.752. The van der Waals surface area contributed by atoms with Crippen LogP contribution in [-0.4, -0.2) is 48.1 Å². The highest BCUT2D eigenvalue weighted by molar-refractivity contribution is 7.99. The van der Waals surface area contributed by atoms with Gasteiger partial charge in [-0.2, -0.15) is 11.8 Å². The first-order valence-corrected chi connectivity index (χ1v) is 10.1. The Labute approximate surface area is 136 Å². The summed E-state index contributed by atoms with van der Waals surface area (Å²) in [5.74, 6) is 3.60. The maximum atomic E-state index is 3.83. The Hall–Kier alpha value is 0.270. The van der Waals surface area contributed by atoms with E-state index in [-0.39, 0.29) is 5.54 Å². The summed E-state index contributed by atoms with van der Waals surface area (Å²) in [5, 5.41) is 3.83. The Morgan fingerprint density at radius 1 is 1.19 bits per heavy atom. The van der Waals surface area contributed by atoms with Crippen molar-refractivity contribution < 1.29 is 0 Å². The van der Waals surface area contributed by atoms with E-state index in [2.05, 4.69) is 49.7 Å². The summed E-state index contributed by atoms with van der Waals surface area (Å²) in [4.78, 5) is 2.77. The molecule has 0 bridgehead atoms. The van der Waals surface area contributed by atoms with E-state index in [0.717, 1.165) is 5.92 Å². The second-order valence-corrected chi connectivity index (χ2v) is 9.77. The van der Waals surface area contributed by atoms with E-state index < -0.39 is 0 Å². The summed E-state index contributed by atoms with van der Waals surface area (Å²) in [6.45, 7) is 14.5. The lowest BCUT2D eigenvalue weighted by Crippen LogP contribution is -2.51. The lowest BCUT2D eigenvalue weighted by Gasteiger charge is -2.45. The smallest absolute Gasteiger partial charge is 0.00967 e. The van der Waals surface area contributed by atoms with Crippen LogP contribution in [0.5, 0.6) is 0 Å². The van der Waals surface area contributed by atoms with E-state index >= 15 is 0 Å². The average molecular weight is 313 g/mol.